The summed E-state index contributed by atoms with van der Waals surface area (Å²) in [6.07, 6.45) is 0. The molecule has 1 aromatic heterocycles. The zero-order chi connectivity index (χ0) is 22.0. The second-order valence-corrected chi connectivity index (χ2v) is 7.80. The van der Waals surface area contributed by atoms with E-state index in [0.717, 1.165) is 22.0 Å². The molecule has 158 valence electrons. The van der Waals surface area contributed by atoms with Crippen LogP contribution in [0.25, 0.3) is 10.8 Å². The second-order valence-electron chi connectivity index (χ2n) is 7.36. The lowest BCUT2D eigenvalue weighted by Gasteiger charge is -2.18. The predicted molar refractivity (Wildman–Crippen MR) is 127 cm³/mol. The summed E-state index contributed by atoms with van der Waals surface area (Å²) in [6, 6.07) is 19.6. The van der Waals surface area contributed by atoms with E-state index >= 15 is 0 Å². The summed E-state index contributed by atoms with van der Waals surface area (Å²) in [7, 11) is 4.05. The maximum absolute atomic E-state index is 12.2. The Labute approximate surface area is 185 Å². The molecular weight excluding hydrogens is 412 g/mol. The van der Waals surface area contributed by atoms with Crippen molar-refractivity contribution in [1.82, 2.24) is 10.2 Å². The monoisotopic (exact) mass is 434 g/mol. The molecule has 0 saturated heterocycles. The van der Waals surface area contributed by atoms with Crippen LogP contribution in [0.3, 0.4) is 0 Å². The van der Waals surface area contributed by atoms with E-state index in [1.165, 1.54) is 0 Å². The largest absolute Gasteiger partial charge is 0.377 e. The van der Waals surface area contributed by atoms with Crippen molar-refractivity contribution in [1.29, 1.82) is 0 Å². The number of fused-ring (bicyclic) bond motifs is 1. The molecule has 0 aliphatic carbocycles. The van der Waals surface area contributed by atoms with Gasteiger partial charge in [-0.25, -0.2) is 0 Å². The summed E-state index contributed by atoms with van der Waals surface area (Å²) in [6.45, 7) is 0.493. The van der Waals surface area contributed by atoms with E-state index in [1.54, 1.807) is 12.1 Å². The molecule has 0 spiro atoms. The van der Waals surface area contributed by atoms with Crippen LogP contribution in [0.2, 0.25) is 5.02 Å². The quantitative estimate of drug-likeness (QED) is 0.337. The van der Waals surface area contributed by atoms with Crippen LogP contribution in [0.5, 0.6) is 0 Å². The minimum atomic E-state index is -0.589. The van der Waals surface area contributed by atoms with E-state index in [2.05, 4.69) is 50.0 Å². The first-order valence-electron chi connectivity index (χ1n) is 9.76. The number of nitrogens with zero attached hydrogens (tertiary/aromatic N) is 2. The molecule has 8 heteroatoms. The predicted octanol–water partition coefficient (Wildman–Crippen LogP) is 4.74. The molecule has 0 saturated carbocycles. The molecule has 0 radical (unpaired) electrons. The number of carbonyl (C=O) groups excluding carboxylic acids is 1. The van der Waals surface area contributed by atoms with E-state index in [9.17, 15) is 4.79 Å². The fourth-order valence-electron chi connectivity index (χ4n) is 3.58. The Balaban J connectivity index is 1.62. The number of hydrogen-bond donors (Lipinski definition) is 4. The maximum Gasteiger partial charge on any atom is 0.256 e. The van der Waals surface area contributed by atoms with E-state index in [1.807, 2.05) is 38.4 Å². The number of nitrogens with one attached hydrogen (secondary N) is 3. The van der Waals surface area contributed by atoms with Gasteiger partial charge in [-0.15, -0.1) is 0 Å². The molecule has 4 aromatic rings. The molecule has 0 atom stereocenters. The van der Waals surface area contributed by atoms with Gasteiger partial charge in [0.1, 0.15) is 11.4 Å². The van der Waals surface area contributed by atoms with Gasteiger partial charge in [0.25, 0.3) is 5.91 Å². The average molecular weight is 435 g/mol. The first-order chi connectivity index (χ1) is 14.9. The van der Waals surface area contributed by atoms with Crippen molar-refractivity contribution < 1.29 is 4.79 Å². The van der Waals surface area contributed by atoms with Crippen LogP contribution in [-0.4, -0.2) is 30.2 Å². The second kappa shape index (κ2) is 8.57. The van der Waals surface area contributed by atoms with Gasteiger partial charge in [-0.05, 0) is 35.2 Å². The van der Waals surface area contributed by atoms with Crippen molar-refractivity contribution in [2.24, 2.45) is 5.73 Å². The Morgan fingerprint density at radius 3 is 2.58 bits per heavy atom. The van der Waals surface area contributed by atoms with E-state index in [4.69, 9.17) is 17.3 Å². The lowest BCUT2D eigenvalue weighted by Crippen LogP contribution is -2.15. The molecule has 0 fully saturated rings. The summed E-state index contributed by atoms with van der Waals surface area (Å²) in [5, 5.41) is 16.3. The van der Waals surface area contributed by atoms with Gasteiger partial charge in [-0.2, -0.15) is 5.10 Å². The highest BCUT2D eigenvalue weighted by atomic mass is 35.5. The number of aromatic nitrogens is 2. The average Bonchev–Trinajstić information content (AvgIpc) is 3.14. The summed E-state index contributed by atoms with van der Waals surface area (Å²) in [5.41, 5.74) is 8.85. The maximum atomic E-state index is 12.2. The Bertz CT molecular complexity index is 1250. The van der Waals surface area contributed by atoms with Crippen LogP contribution < -0.4 is 21.3 Å². The molecule has 3 aromatic carbocycles. The highest BCUT2D eigenvalue weighted by Gasteiger charge is 2.19. The van der Waals surface area contributed by atoms with Crippen molar-refractivity contribution in [2.75, 3.05) is 29.6 Å². The van der Waals surface area contributed by atoms with Crippen molar-refractivity contribution in [3.8, 4) is 0 Å². The third-order valence-electron chi connectivity index (χ3n) is 5.03. The van der Waals surface area contributed by atoms with Gasteiger partial charge in [0.05, 0.1) is 0 Å². The Kier molecular flexibility index (Phi) is 5.68. The molecule has 0 aliphatic heterocycles. The summed E-state index contributed by atoms with van der Waals surface area (Å²) >= 11 is 6.04. The third-order valence-corrected chi connectivity index (χ3v) is 5.26. The molecule has 4 rings (SSSR count). The first kappa shape index (κ1) is 20.6. The van der Waals surface area contributed by atoms with Crippen LogP contribution >= 0.6 is 11.6 Å². The molecule has 7 nitrogen and oxygen atoms in total. The van der Waals surface area contributed by atoms with Crippen molar-refractivity contribution in [3.05, 3.63) is 76.8 Å². The van der Waals surface area contributed by atoms with Crippen LogP contribution in [0, 0.1) is 0 Å². The van der Waals surface area contributed by atoms with Gasteiger partial charge in [0, 0.05) is 42.4 Å². The Morgan fingerprint density at radius 2 is 1.87 bits per heavy atom. The molecule has 0 aliphatic rings. The molecule has 0 bridgehead atoms. The normalized spacial score (nSPS) is 10.8. The number of hydrogen-bond acceptors (Lipinski definition) is 5. The number of halogens is 1. The Morgan fingerprint density at radius 1 is 1.10 bits per heavy atom. The summed E-state index contributed by atoms with van der Waals surface area (Å²) < 4.78 is 0. The summed E-state index contributed by atoms with van der Waals surface area (Å²) in [4.78, 5) is 14.2. The lowest BCUT2D eigenvalue weighted by molar-refractivity contribution is 0.100. The highest BCUT2D eigenvalue weighted by Crippen LogP contribution is 2.30. The summed E-state index contributed by atoms with van der Waals surface area (Å²) in [5.74, 6) is 0.205. The van der Waals surface area contributed by atoms with E-state index in [0.29, 0.717) is 28.9 Å². The van der Waals surface area contributed by atoms with E-state index in [-0.39, 0.29) is 5.56 Å². The highest BCUT2D eigenvalue weighted by molar-refractivity contribution is 6.30. The number of H-pyrrole nitrogens is 1. The number of amides is 1. The number of benzene rings is 3. The SMILES string of the molecule is CN(C)c1ccc(CNc2[nH]nc(Nc3cccc(Cl)c3)c2C(N)=O)c2ccccc12. The van der Waals surface area contributed by atoms with Crippen LogP contribution in [-0.2, 0) is 6.54 Å². The fourth-order valence-corrected chi connectivity index (χ4v) is 3.77. The van der Waals surface area contributed by atoms with Gasteiger partial charge >= 0.3 is 0 Å². The molecular formula is C23H23ClN6O. The van der Waals surface area contributed by atoms with Gasteiger partial charge in [0.15, 0.2) is 5.82 Å². The van der Waals surface area contributed by atoms with Gasteiger partial charge in [-0.3, -0.25) is 9.89 Å². The van der Waals surface area contributed by atoms with Gasteiger partial charge < -0.3 is 21.3 Å². The van der Waals surface area contributed by atoms with Crippen molar-refractivity contribution in [2.45, 2.75) is 6.54 Å². The smallest absolute Gasteiger partial charge is 0.256 e. The minimum absolute atomic E-state index is 0.259. The number of aromatic amines is 1. The molecule has 1 amide bonds. The fraction of sp³-hybridized carbons (Fsp3) is 0.130. The minimum Gasteiger partial charge on any atom is -0.377 e. The third kappa shape index (κ3) is 4.27. The number of rotatable bonds is 7. The van der Waals surface area contributed by atoms with Gasteiger partial charge in [0.2, 0.25) is 0 Å². The van der Waals surface area contributed by atoms with Gasteiger partial charge in [-0.1, -0.05) is 48.0 Å². The molecule has 1 heterocycles. The first-order valence-corrected chi connectivity index (χ1v) is 10.1. The van der Waals surface area contributed by atoms with Crippen LogP contribution in [0.4, 0.5) is 23.0 Å². The Hall–Kier alpha value is -3.71. The molecule has 5 N–H and O–H groups in total. The number of primary amides is 1. The number of nitrogens with two attached hydrogens (primary N) is 1. The zero-order valence-corrected chi connectivity index (χ0v) is 18.0. The topological polar surface area (TPSA) is 99.1 Å². The zero-order valence-electron chi connectivity index (χ0n) is 17.2. The van der Waals surface area contributed by atoms with Crippen molar-refractivity contribution in [3.63, 3.8) is 0 Å². The van der Waals surface area contributed by atoms with E-state index < -0.39 is 5.91 Å². The lowest BCUT2D eigenvalue weighted by atomic mass is 10.0. The van der Waals surface area contributed by atoms with Crippen LogP contribution in [0.15, 0.2) is 60.7 Å². The molecule has 31 heavy (non-hydrogen) atoms. The van der Waals surface area contributed by atoms with Crippen molar-refractivity contribution >= 4 is 51.3 Å². The number of anilines is 4. The number of carbonyl (C=O) groups is 1. The molecule has 0 unspecified atom stereocenters. The standard InChI is InChI=1S/C23H23ClN6O/c1-30(2)19-11-10-14(17-8-3-4-9-18(17)19)13-26-22-20(21(25)31)23(29-28-22)27-16-7-5-6-15(24)12-16/h3-12H,13H2,1-2H3,(H2,25,31)(H3,26,27,28,29). The van der Waals surface area contributed by atoms with Crippen LogP contribution in [0.1, 0.15) is 15.9 Å².